The fourth-order valence-electron chi connectivity index (χ4n) is 3.05. The van der Waals surface area contributed by atoms with Gasteiger partial charge in [-0.25, -0.2) is 4.79 Å². The topological polar surface area (TPSA) is 76.2 Å². The molecule has 2 saturated heterocycles. The minimum absolute atomic E-state index is 0.204. The van der Waals surface area contributed by atoms with Crippen LogP contribution in [0.25, 0.3) is 0 Å². The minimum atomic E-state index is -3.36. The lowest BCUT2D eigenvalue weighted by atomic mass is 10.2. The molecule has 128 valence electrons. The maximum absolute atomic E-state index is 12.1. The molecule has 2 fully saturated rings. The predicted octanol–water partition coefficient (Wildman–Crippen LogP) is 1.05. The quantitative estimate of drug-likeness (QED) is 0.552. The van der Waals surface area contributed by atoms with Crippen molar-refractivity contribution >= 4 is 16.2 Å². The molecule has 0 aromatic heterocycles. The second kappa shape index (κ2) is 6.33. The number of piperazine rings is 1. The zero-order valence-electron chi connectivity index (χ0n) is 13.7. The van der Waals surface area contributed by atoms with Gasteiger partial charge in [-0.2, -0.15) is 8.42 Å². The summed E-state index contributed by atoms with van der Waals surface area (Å²) in [6.07, 6.45) is 2.46. The Balaban J connectivity index is 1.74. The monoisotopic (exact) mass is 334 g/mol. The number of ether oxygens (including phenoxy) is 1. The van der Waals surface area contributed by atoms with Gasteiger partial charge in [-0.1, -0.05) is 0 Å². The third-order valence-electron chi connectivity index (χ3n) is 3.87. The minimum Gasteiger partial charge on any atom is -0.444 e. The lowest BCUT2D eigenvalue weighted by molar-refractivity contribution is 0.0126. The summed E-state index contributed by atoms with van der Waals surface area (Å²) in [5, 5.41) is 0. The van der Waals surface area contributed by atoms with Crippen LogP contribution in [-0.2, 0) is 19.0 Å². The lowest BCUT2D eigenvalue weighted by Crippen LogP contribution is -2.50. The Morgan fingerprint density at radius 3 is 2.41 bits per heavy atom. The van der Waals surface area contributed by atoms with Gasteiger partial charge in [0.1, 0.15) is 5.60 Å². The first kappa shape index (κ1) is 17.5. The van der Waals surface area contributed by atoms with Crippen molar-refractivity contribution in [3.8, 4) is 0 Å². The van der Waals surface area contributed by atoms with E-state index in [2.05, 4.69) is 4.90 Å². The summed E-state index contributed by atoms with van der Waals surface area (Å²) >= 11 is 0. The molecular weight excluding hydrogens is 308 g/mol. The van der Waals surface area contributed by atoms with Crippen LogP contribution >= 0.6 is 0 Å². The second-order valence-electron chi connectivity index (χ2n) is 7.05. The van der Waals surface area contributed by atoms with Crippen molar-refractivity contribution in [3.63, 3.8) is 0 Å². The molecule has 0 radical (unpaired) electrons. The van der Waals surface area contributed by atoms with Crippen LogP contribution in [0.3, 0.4) is 0 Å². The molecular formula is C14H26N2O5S. The van der Waals surface area contributed by atoms with E-state index in [1.807, 2.05) is 25.7 Å². The van der Waals surface area contributed by atoms with Crippen LogP contribution in [-0.4, -0.2) is 74.5 Å². The summed E-state index contributed by atoms with van der Waals surface area (Å²) in [6, 6.07) is 0.548. The zero-order chi connectivity index (χ0) is 16.5. The number of amides is 1. The van der Waals surface area contributed by atoms with Gasteiger partial charge < -0.3 is 9.64 Å². The fourth-order valence-corrected chi connectivity index (χ4v) is 3.47. The first-order valence-corrected chi connectivity index (χ1v) is 9.45. The van der Waals surface area contributed by atoms with Crippen molar-refractivity contribution in [1.82, 2.24) is 9.80 Å². The molecule has 0 aromatic rings. The Bertz CT molecular complexity index is 514. The third kappa shape index (κ3) is 4.82. The summed E-state index contributed by atoms with van der Waals surface area (Å²) in [5.41, 5.74) is -0.471. The molecule has 0 unspecified atom stereocenters. The highest BCUT2D eigenvalue weighted by molar-refractivity contribution is 7.85. The highest BCUT2D eigenvalue weighted by Crippen LogP contribution is 2.31. The first-order valence-electron chi connectivity index (χ1n) is 7.63. The van der Waals surface area contributed by atoms with E-state index < -0.39 is 15.7 Å². The number of carbonyl (C=O) groups excluding carboxylic acids is 1. The van der Waals surface area contributed by atoms with Crippen LogP contribution < -0.4 is 0 Å². The molecule has 2 rings (SSSR count). The smallest absolute Gasteiger partial charge is 0.410 e. The molecule has 0 N–H and O–H groups in total. The van der Waals surface area contributed by atoms with E-state index in [9.17, 15) is 13.2 Å². The van der Waals surface area contributed by atoms with Gasteiger partial charge in [0.2, 0.25) is 0 Å². The molecule has 0 aliphatic carbocycles. The van der Waals surface area contributed by atoms with E-state index in [0.717, 1.165) is 25.8 Å². The Morgan fingerprint density at radius 2 is 1.91 bits per heavy atom. The molecule has 22 heavy (non-hydrogen) atoms. The molecule has 2 heterocycles. The van der Waals surface area contributed by atoms with E-state index in [0.29, 0.717) is 19.0 Å². The van der Waals surface area contributed by atoms with Crippen molar-refractivity contribution in [2.45, 2.75) is 51.3 Å². The Labute approximate surface area is 132 Å². The van der Waals surface area contributed by atoms with E-state index in [1.165, 1.54) is 0 Å². The number of hydrogen-bond donors (Lipinski definition) is 0. The Kier molecular flexibility index (Phi) is 5.03. The Morgan fingerprint density at radius 1 is 1.23 bits per heavy atom. The maximum Gasteiger partial charge on any atom is 0.410 e. The summed E-state index contributed by atoms with van der Waals surface area (Å²) in [4.78, 5) is 16.2. The van der Waals surface area contributed by atoms with Crippen molar-refractivity contribution in [1.29, 1.82) is 0 Å². The molecule has 8 heteroatoms. The number of hydrogen-bond acceptors (Lipinski definition) is 6. The van der Waals surface area contributed by atoms with Crippen molar-refractivity contribution in [3.05, 3.63) is 0 Å². The summed E-state index contributed by atoms with van der Waals surface area (Å²) in [6.45, 7) is 8.12. The normalized spacial score (nSPS) is 25.7. The lowest BCUT2D eigenvalue weighted by Gasteiger charge is -2.35. The average Bonchev–Trinajstić information content (AvgIpc) is 2.90. The largest absolute Gasteiger partial charge is 0.444 e. The van der Waals surface area contributed by atoms with Crippen LogP contribution in [0.15, 0.2) is 0 Å². The van der Waals surface area contributed by atoms with E-state index in [-0.39, 0.29) is 18.7 Å². The molecule has 1 amide bonds. The van der Waals surface area contributed by atoms with E-state index in [4.69, 9.17) is 8.92 Å². The molecule has 7 nitrogen and oxygen atoms in total. The second-order valence-corrected chi connectivity index (χ2v) is 8.69. The SMILES string of the molecule is CC(C)(C)OC(=O)N1C[C@@H]2C[C@H]1CN2CCCOS(C)(=O)=O. The molecule has 0 saturated carbocycles. The summed E-state index contributed by atoms with van der Waals surface area (Å²) in [7, 11) is -3.36. The number of nitrogens with zero attached hydrogens (tertiary/aromatic N) is 2. The van der Waals surface area contributed by atoms with E-state index in [1.54, 1.807) is 0 Å². The van der Waals surface area contributed by atoms with Crippen molar-refractivity contribution in [2.24, 2.45) is 0 Å². The number of fused-ring (bicyclic) bond motifs is 2. The Hall–Kier alpha value is -0.860. The van der Waals surface area contributed by atoms with Crippen molar-refractivity contribution in [2.75, 3.05) is 32.5 Å². The number of carbonyl (C=O) groups is 1. The number of likely N-dealkylation sites (tertiary alicyclic amines) is 2. The van der Waals surface area contributed by atoms with Crippen LogP contribution in [0.5, 0.6) is 0 Å². The van der Waals surface area contributed by atoms with Gasteiger partial charge in [0.05, 0.1) is 12.9 Å². The highest BCUT2D eigenvalue weighted by atomic mass is 32.2. The highest BCUT2D eigenvalue weighted by Gasteiger charge is 2.46. The molecule has 0 spiro atoms. The summed E-state index contributed by atoms with van der Waals surface area (Å²) in [5.74, 6) is 0. The van der Waals surface area contributed by atoms with Gasteiger partial charge in [-0.3, -0.25) is 9.08 Å². The fraction of sp³-hybridized carbons (Fsp3) is 0.929. The third-order valence-corrected chi connectivity index (χ3v) is 4.46. The van der Waals surface area contributed by atoms with Crippen molar-refractivity contribution < 1.29 is 22.1 Å². The van der Waals surface area contributed by atoms with Crippen LogP contribution in [0.2, 0.25) is 0 Å². The standard InChI is InChI=1S/C14H26N2O5S/c1-14(2,3)21-13(17)16-10-11-8-12(16)9-15(11)6-5-7-20-22(4,18)19/h11-12H,5-10H2,1-4H3/t11-,12-/m0/s1. The molecule has 2 aliphatic heterocycles. The average molecular weight is 334 g/mol. The van der Waals surface area contributed by atoms with Gasteiger partial charge >= 0.3 is 6.09 Å². The van der Waals surface area contributed by atoms with Crippen LogP contribution in [0, 0.1) is 0 Å². The molecule has 2 aliphatic rings. The molecule has 2 bridgehead atoms. The predicted molar refractivity (Wildman–Crippen MR) is 82.1 cm³/mol. The van der Waals surface area contributed by atoms with Crippen LogP contribution in [0.4, 0.5) is 4.79 Å². The first-order chi connectivity index (χ1) is 10.1. The maximum atomic E-state index is 12.1. The van der Waals surface area contributed by atoms with Gasteiger partial charge in [0, 0.05) is 31.7 Å². The van der Waals surface area contributed by atoms with Gasteiger partial charge in [0.15, 0.2) is 0 Å². The zero-order valence-corrected chi connectivity index (χ0v) is 14.6. The van der Waals surface area contributed by atoms with Crippen LogP contribution in [0.1, 0.15) is 33.6 Å². The van der Waals surface area contributed by atoms with Gasteiger partial charge in [-0.15, -0.1) is 0 Å². The number of rotatable bonds is 5. The van der Waals surface area contributed by atoms with Gasteiger partial charge in [-0.05, 0) is 33.6 Å². The summed E-state index contributed by atoms with van der Waals surface area (Å²) < 4.78 is 32.0. The van der Waals surface area contributed by atoms with Gasteiger partial charge in [0.25, 0.3) is 10.1 Å². The molecule has 2 atom stereocenters. The van der Waals surface area contributed by atoms with E-state index >= 15 is 0 Å². The molecule has 0 aromatic carbocycles.